The molecule has 0 amide bonds. The van der Waals surface area contributed by atoms with Crippen LogP contribution in [0.1, 0.15) is 71.6 Å². The van der Waals surface area contributed by atoms with Crippen molar-refractivity contribution in [2.75, 3.05) is 6.61 Å². The monoisotopic (exact) mass is 288 g/mol. The van der Waals surface area contributed by atoms with E-state index in [1.54, 1.807) is 5.57 Å². The highest BCUT2D eigenvalue weighted by molar-refractivity contribution is 5.22. The number of aliphatic hydroxyl groups excluding tert-OH is 1. The van der Waals surface area contributed by atoms with E-state index in [0.29, 0.717) is 17.4 Å². The van der Waals surface area contributed by atoms with Crippen molar-refractivity contribution in [1.82, 2.24) is 0 Å². The van der Waals surface area contributed by atoms with Crippen molar-refractivity contribution in [2.24, 2.45) is 34.0 Å². The molecule has 4 rings (SSSR count). The van der Waals surface area contributed by atoms with Crippen LogP contribution in [0.5, 0.6) is 0 Å². The van der Waals surface area contributed by atoms with E-state index in [4.69, 9.17) is 0 Å². The van der Waals surface area contributed by atoms with Crippen LogP contribution in [0.4, 0.5) is 0 Å². The first-order valence-corrected chi connectivity index (χ1v) is 9.22. The first-order valence-electron chi connectivity index (χ1n) is 9.22. The van der Waals surface area contributed by atoms with Gasteiger partial charge >= 0.3 is 0 Å². The average molecular weight is 288 g/mol. The molecule has 4 aliphatic rings. The maximum atomic E-state index is 10.1. The van der Waals surface area contributed by atoms with Crippen LogP contribution >= 0.6 is 0 Å². The number of hydrogen-bond donors (Lipinski definition) is 1. The number of allylic oxidation sites excluding steroid dienone is 1. The molecule has 1 heteroatoms. The molecule has 3 unspecified atom stereocenters. The van der Waals surface area contributed by atoms with E-state index in [0.717, 1.165) is 17.8 Å². The van der Waals surface area contributed by atoms with E-state index >= 15 is 0 Å². The minimum atomic E-state index is 0.182. The molecule has 0 saturated heterocycles. The van der Waals surface area contributed by atoms with Gasteiger partial charge in [-0.05, 0) is 85.4 Å². The fourth-order valence-electron chi connectivity index (χ4n) is 7.68. The SMILES string of the molecule is C=C1CC23CC[C@H]4C(C)(CCC[C@@]4(C)CO)[C@@H]2CCC1C3. The van der Waals surface area contributed by atoms with Gasteiger partial charge in [0, 0.05) is 6.61 Å². The van der Waals surface area contributed by atoms with Crippen LogP contribution in [0.3, 0.4) is 0 Å². The summed E-state index contributed by atoms with van der Waals surface area (Å²) in [6.45, 7) is 9.77. The highest BCUT2D eigenvalue weighted by Crippen LogP contribution is 2.72. The normalized spacial score (nSPS) is 56.0. The van der Waals surface area contributed by atoms with E-state index in [9.17, 15) is 5.11 Å². The Kier molecular flexibility index (Phi) is 2.98. The van der Waals surface area contributed by atoms with Gasteiger partial charge in [0.2, 0.25) is 0 Å². The Morgan fingerprint density at radius 2 is 1.90 bits per heavy atom. The summed E-state index contributed by atoms with van der Waals surface area (Å²) in [6, 6.07) is 0. The highest BCUT2D eigenvalue weighted by Gasteiger charge is 2.63. The second kappa shape index (κ2) is 4.37. The lowest BCUT2D eigenvalue weighted by Crippen LogP contribution is -2.57. The zero-order valence-electron chi connectivity index (χ0n) is 14.0. The molecule has 4 aliphatic carbocycles. The maximum Gasteiger partial charge on any atom is 0.0487 e. The largest absolute Gasteiger partial charge is 0.396 e. The predicted molar refractivity (Wildman–Crippen MR) is 86.9 cm³/mol. The number of fused-ring (bicyclic) bond motifs is 3. The number of aliphatic hydroxyl groups is 1. The Morgan fingerprint density at radius 1 is 1.10 bits per heavy atom. The van der Waals surface area contributed by atoms with Crippen molar-refractivity contribution < 1.29 is 5.11 Å². The molecule has 21 heavy (non-hydrogen) atoms. The van der Waals surface area contributed by atoms with Crippen molar-refractivity contribution >= 4 is 0 Å². The van der Waals surface area contributed by atoms with Gasteiger partial charge in [0.1, 0.15) is 0 Å². The molecule has 0 aromatic rings. The highest BCUT2D eigenvalue weighted by atomic mass is 16.3. The van der Waals surface area contributed by atoms with Gasteiger partial charge in [0.15, 0.2) is 0 Å². The molecule has 4 fully saturated rings. The molecule has 0 aliphatic heterocycles. The van der Waals surface area contributed by atoms with Crippen LogP contribution in [-0.2, 0) is 0 Å². The van der Waals surface area contributed by atoms with Gasteiger partial charge in [0.05, 0.1) is 0 Å². The van der Waals surface area contributed by atoms with E-state index in [1.807, 2.05) is 0 Å². The first-order chi connectivity index (χ1) is 9.94. The van der Waals surface area contributed by atoms with Gasteiger partial charge in [-0.15, -0.1) is 0 Å². The number of rotatable bonds is 1. The second-order valence-electron chi connectivity index (χ2n) is 9.49. The zero-order chi connectivity index (χ0) is 14.9. The zero-order valence-corrected chi connectivity index (χ0v) is 14.0. The van der Waals surface area contributed by atoms with Crippen molar-refractivity contribution in [3.8, 4) is 0 Å². The maximum absolute atomic E-state index is 10.1. The van der Waals surface area contributed by atoms with Gasteiger partial charge in [-0.3, -0.25) is 0 Å². The third-order valence-electron chi connectivity index (χ3n) is 8.54. The molecule has 4 saturated carbocycles. The Balaban J connectivity index is 1.73. The third kappa shape index (κ3) is 1.73. The lowest BCUT2D eigenvalue weighted by molar-refractivity contribution is -0.158. The summed E-state index contributed by atoms with van der Waals surface area (Å²) in [7, 11) is 0. The van der Waals surface area contributed by atoms with Crippen LogP contribution < -0.4 is 0 Å². The van der Waals surface area contributed by atoms with Crippen molar-refractivity contribution in [2.45, 2.75) is 71.6 Å². The lowest BCUT2D eigenvalue weighted by atomic mass is 9.41. The first kappa shape index (κ1) is 14.3. The molecule has 0 heterocycles. The molecule has 2 bridgehead atoms. The summed E-state index contributed by atoms with van der Waals surface area (Å²) < 4.78 is 0. The molecular weight excluding hydrogens is 256 g/mol. The summed E-state index contributed by atoms with van der Waals surface area (Å²) >= 11 is 0. The van der Waals surface area contributed by atoms with Crippen LogP contribution in [-0.4, -0.2) is 11.7 Å². The molecule has 6 atom stereocenters. The van der Waals surface area contributed by atoms with Gasteiger partial charge in [0.25, 0.3) is 0 Å². The molecule has 118 valence electrons. The van der Waals surface area contributed by atoms with Crippen molar-refractivity contribution in [3.63, 3.8) is 0 Å². The predicted octanol–water partition coefficient (Wildman–Crippen LogP) is 4.95. The molecule has 1 spiro atoms. The minimum absolute atomic E-state index is 0.182. The Morgan fingerprint density at radius 3 is 2.67 bits per heavy atom. The van der Waals surface area contributed by atoms with E-state index < -0.39 is 0 Å². The standard InChI is InChI=1S/C20H32O/c1-14-11-20-10-7-16-18(2,13-21)8-4-9-19(16,3)17(20)6-5-15(14)12-20/h15-17,21H,1,4-13H2,2-3H3/t15?,16-,17+,18+,19?,20?/m1/s1. The summed E-state index contributed by atoms with van der Waals surface area (Å²) in [4.78, 5) is 0. The fraction of sp³-hybridized carbons (Fsp3) is 0.900. The smallest absolute Gasteiger partial charge is 0.0487 e. The van der Waals surface area contributed by atoms with Crippen LogP contribution in [0.2, 0.25) is 0 Å². The van der Waals surface area contributed by atoms with Gasteiger partial charge in [-0.1, -0.05) is 32.4 Å². The third-order valence-corrected chi connectivity index (χ3v) is 8.54. The molecule has 0 aromatic carbocycles. The summed E-state index contributed by atoms with van der Waals surface area (Å²) in [5.41, 5.74) is 2.82. The van der Waals surface area contributed by atoms with E-state index in [-0.39, 0.29) is 5.41 Å². The van der Waals surface area contributed by atoms with Gasteiger partial charge < -0.3 is 5.11 Å². The summed E-state index contributed by atoms with van der Waals surface area (Å²) in [6.07, 6.45) is 12.3. The van der Waals surface area contributed by atoms with E-state index in [1.165, 1.54) is 57.8 Å². The van der Waals surface area contributed by atoms with Crippen LogP contribution in [0.15, 0.2) is 12.2 Å². The van der Waals surface area contributed by atoms with E-state index in [2.05, 4.69) is 20.4 Å². The average Bonchev–Trinajstić information content (AvgIpc) is 2.68. The molecule has 1 nitrogen and oxygen atoms in total. The lowest BCUT2D eigenvalue weighted by Gasteiger charge is -2.64. The summed E-state index contributed by atoms with van der Waals surface area (Å²) in [5, 5.41) is 10.1. The van der Waals surface area contributed by atoms with Crippen LogP contribution in [0, 0.1) is 34.0 Å². The molecule has 0 aromatic heterocycles. The van der Waals surface area contributed by atoms with Gasteiger partial charge in [-0.2, -0.15) is 0 Å². The summed E-state index contributed by atoms with van der Waals surface area (Å²) in [5.74, 6) is 2.48. The van der Waals surface area contributed by atoms with Crippen molar-refractivity contribution in [3.05, 3.63) is 12.2 Å². The molecule has 1 N–H and O–H groups in total. The quantitative estimate of drug-likeness (QED) is 0.677. The number of hydrogen-bond acceptors (Lipinski definition) is 1. The Bertz CT molecular complexity index is 468. The Hall–Kier alpha value is -0.300. The van der Waals surface area contributed by atoms with Crippen molar-refractivity contribution in [1.29, 1.82) is 0 Å². The fourth-order valence-corrected chi connectivity index (χ4v) is 7.68. The second-order valence-corrected chi connectivity index (χ2v) is 9.49. The van der Waals surface area contributed by atoms with Gasteiger partial charge in [-0.25, -0.2) is 0 Å². The van der Waals surface area contributed by atoms with Crippen LogP contribution in [0.25, 0.3) is 0 Å². The Labute approximate surface area is 130 Å². The minimum Gasteiger partial charge on any atom is -0.396 e. The topological polar surface area (TPSA) is 20.2 Å². The molecule has 0 radical (unpaired) electrons. The molecular formula is C20H32O.